The first-order chi connectivity index (χ1) is 7.69. The van der Waals surface area contributed by atoms with Crippen molar-refractivity contribution in [1.29, 1.82) is 0 Å². The van der Waals surface area contributed by atoms with Crippen molar-refractivity contribution in [2.45, 2.75) is 38.6 Å². The molecule has 16 heavy (non-hydrogen) atoms. The summed E-state index contributed by atoms with van der Waals surface area (Å²) in [5.41, 5.74) is 0. The number of likely N-dealkylation sites (N-methyl/N-ethyl adjacent to an activating group) is 1. The second kappa shape index (κ2) is 6.86. The zero-order chi connectivity index (χ0) is 12.0. The van der Waals surface area contributed by atoms with Gasteiger partial charge in [-0.05, 0) is 32.7 Å². The van der Waals surface area contributed by atoms with Crippen LogP contribution in [0.25, 0.3) is 0 Å². The van der Waals surface area contributed by atoms with Crippen LogP contribution in [-0.4, -0.2) is 60.1 Å². The summed E-state index contributed by atoms with van der Waals surface area (Å²) in [5.74, 6) is 0.187. The number of hydrogen-bond acceptors (Lipinski definition) is 3. The smallest absolute Gasteiger partial charge is 0.236 e. The lowest BCUT2D eigenvalue weighted by Gasteiger charge is -2.35. The number of carbonyl (C=O) groups is 1. The van der Waals surface area contributed by atoms with Gasteiger partial charge >= 0.3 is 0 Å². The van der Waals surface area contributed by atoms with Gasteiger partial charge < -0.3 is 10.0 Å². The first-order valence-electron chi connectivity index (χ1n) is 6.28. The topological polar surface area (TPSA) is 43.8 Å². The van der Waals surface area contributed by atoms with Crippen LogP contribution in [0.1, 0.15) is 32.6 Å². The van der Waals surface area contributed by atoms with Gasteiger partial charge in [0.05, 0.1) is 6.54 Å². The maximum absolute atomic E-state index is 11.8. The molecular formula is C12H24N2O2. The number of hydrogen-bond donors (Lipinski definition) is 1. The highest BCUT2D eigenvalue weighted by Crippen LogP contribution is 2.19. The van der Waals surface area contributed by atoms with E-state index in [1.165, 1.54) is 12.8 Å². The zero-order valence-corrected chi connectivity index (χ0v) is 10.5. The number of carbonyl (C=O) groups excluding carboxylic acids is 1. The van der Waals surface area contributed by atoms with Gasteiger partial charge in [-0.15, -0.1) is 0 Å². The molecule has 1 amide bonds. The van der Waals surface area contributed by atoms with Gasteiger partial charge in [-0.3, -0.25) is 9.69 Å². The summed E-state index contributed by atoms with van der Waals surface area (Å²) in [7, 11) is 1.84. The molecular weight excluding hydrogens is 204 g/mol. The Morgan fingerprint density at radius 1 is 1.50 bits per heavy atom. The van der Waals surface area contributed by atoms with Gasteiger partial charge in [0.1, 0.15) is 0 Å². The van der Waals surface area contributed by atoms with E-state index in [2.05, 4.69) is 4.90 Å². The second-order valence-electron chi connectivity index (χ2n) is 4.54. The predicted molar refractivity (Wildman–Crippen MR) is 64.2 cm³/mol. The summed E-state index contributed by atoms with van der Waals surface area (Å²) >= 11 is 0. The molecule has 1 N–H and O–H groups in total. The van der Waals surface area contributed by atoms with E-state index < -0.39 is 0 Å². The zero-order valence-electron chi connectivity index (χ0n) is 10.5. The van der Waals surface area contributed by atoms with Crippen LogP contribution in [0.3, 0.4) is 0 Å². The number of piperidine rings is 1. The molecule has 0 spiro atoms. The maximum atomic E-state index is 11.8. The first-order valence-corrected chi connectivity index (χ1v) is 6.28. The molecule has 1 rings (SSSR count). The number of aliphatic hydroxyl groups is 1. The van der Waals surface area contributed by atoms with E-state index in [-0.39, 0.29) is 12.5 Å². The van der Waals surface area contributed by atoms with Crippen molar-refractivity contribution in [3.8, 4) is 0 Å². The lowest BCUT2D eigenvalue weighted by atomic mass is 9.99. The molecule has 0 bridgehead atoms. The number of amides is 1. The Hall–Kier alpha value is -0.610. The predicted octanol–water partition coefficient (Wildman–Crippen LogP) is 0.702. The molecule has 1 unspecified atom stereocenters. The van der Waals surface area contributed by atoms with Crippen LogP contribution >= 0.6 is 0 Å². The number of likely N-dealkylation sites (tertiary alicyclic amines) is 1. The van der Waals surface area contributed by atoms with Gasteiger partial charge in [0.15, 0.2) is 0 Å². The summed E-state index contributed by atoms with van der Waals surface area (Å²) in [6.07, 6.45) is 4.30. The molecule has 1 aliphatic rings. The Kier molecular flexibility index (Phi) is 5.77. The minimum absolute atomic E-state index is 0.187. The van der Waals surface area contributed by atoms with E-state index in [0.717, 1.165) is 25.9 Å². The van der Waals surface area contributed by atoms with Crippen LogP contribution in [-0.2, 0) is 4.79 Å². The number of aliphatic hydroxyl groups excluding tert-OH is 1. The van der Waals surface area contributed by atoms with E-state index in [9.17, 15) is 4.79 Å². The average Bonchev–Trinajstić information content (AvgIpc) is 2.31. The molecule has 0 aliphatic carbocycles. The molecule has 1 heterocycles. The van der Waals surface area contributed by atoms with Gasteiger partial charge in [-0.1, -0.05) is 6.42 Å². The number of nitrogens with zero attached hydrogens (tertiary/aromatic N) is 2. The van der Waals surface area contributed by atoms with Crippen LogP contribution in [0.4, 0.5) is 0 Å². The molecule has 94 valence electrons. The van der Waals surface area contributed by atoms with Crippen molar-refractivity contribution < 1.29 is 9.90 Å². The summed E-state index contributed by atoms with van der Waals surface area (Å²) in [4.78, 5) is 15.8. The van der Waals surface area contributed by atoms with Crippen molar-refractivity contribution in [3.05, 3.63) is 0 Å². The third-order valence-electron chi connectivity index (χ3n) is 3.45. The highest BCUT2D eigenvalue weighted by atomic mass is 16.3. The molecule has 4 heteroatoms. The van der Waals surface area contributed by atoms with Gasteiger partial charge in [0, 0.05) is 26.2 Å². The summed E-state index contributed by atoms with van der Waals surface area (Å²) in [6, 6.07) is 0.396. The quantitative estimate of drug-likeness (QED) is 0.753. The van der Waals surface area contributed by atoms with E-state index >= 15 is 0 Å². The van der Waals surface area contributed by atoms with Crippen LogP contribution < -0.4 is 0 Å². The third-order valence-corrected chi connectivity index (χ3v) is 3.45. The van der Waals surface area contributed by atoms with Gasteiger partial charge in [-0.2, -0.15) is 0 Å². The Balaban J connectivity index is 2.45. The van der Waals surface area contributed by atoms with E-state index in [0.29, 0.717) is 12.6 Å². The Labute approximate surface area is 98.2 Å². The molecule has 1 fully saturated rings. The molecule has 1 atom stereocenters. The normalized spacial score (nSPS) is 22.1. The molecule has 4 nitrogen and oxygen atoms in total. The standard InChI is InChI=1S/C12H24N2O2/c1-3-13(2)12(16)10-14-8-5-4-6-11(14)7-9-15/h11,15H,3-10H2,1-2H3. The maximum Gasteiger partial charge on any atom is 0.236 e. The van der Waals surface area contributed by atoms with Gasteiger partial charge in [0.2, 0.25) is 5.91 Å². The molecule has 1 saturated heterocycles. The van der Waals surface area contributed by atoms with Crippen LogP contribution in [0.2, 0.25) is 0 Å². The van der Waals surface area contributed by atoms with E-state index in [1.807, 2.05) is 14.0 Å². The minimum Gasteiger partial charge on any atom is -0.396 e. The highest BCUT2D eigenvalue weighted by molar-refractivity contribution is 5.77. The van der Waals surface area contributed by atoms with Crippen molar-refractivity contribution in [3.63, 3.8) is 0 Å². The fraction of sp³-hybridized carbons (Fsp3) is 0.917. The molecule has 0 aromatic carbocycles. The summed E-state index contributed by atoms with van der Waals surface area (Å²) in [6.45, 7) is 4.47. The second-order valence-corrected chi connectivity index (χ2v) is 4.54. The van der Waals surface area contributed by atoms with Crippen molar-refractivity contribution >= 4 is 5.91 Å². The van der Waals surface area contributed by atoms with Crippen LogP contribution in [0, 0.1) is 0 Å². The van der Waals surface area contributed by atoms with E-state index in [4.69, 9.17) is 5.11 Å². The SMILES string of the molecule is CCN(C)C(=O)CN1CCCCC1CCO. The lowest BCUT2D eigenvalue weighted by Crippen LogP contribution is -2.46. The minimum atomic E-state index is 0.187. The number of rotatable bonds is 5. The Morgan fingerprint density at radius 3 is 2.88 bits per heavy atom. The lowest BCUT2D eigenvalue weighted by molar-refractivity contribution is -0.132. The van der Waals surface area contributed by atoms with Crippen molar-refractivity contribution in [2.24, 2.45) is 0 Å². The van der Waals surface area contributed by atoms with Crippen LogP contribution in [0.5, 0.6) is 0 Å². The van der Waals surface area contributed by atoms with Crippen molar-refractivity contribution in [2.75, 3.05) is 33.3 Å². The fourth-order valence-corrected chi connectivity index (χ4v) is 2.21. The van der Waals surface area contributed by atoms with Crippen LogP contribution in [0.15, 0.2) is 0 Å². The third kappa shape index (κ3) is 3.76. The average molecular weight is 228 g/mol. The summed E-state index contributed by atoms with van der Waals surface area (Å²) < 4.78 is 0. The Morgan fingerprint density at radius 2 is 2.25 bits per heavy atom. The monoisotopic (exact) mass is 228 g/mol. The molecule has 0 aromatic rings. The molecule has 0 radical (unpaired) electrons. The molecule has 1 aliphatic heterocycles. The fourth-order valence-electron chi connectivity index (χ4n) is 2.21. The largest absolute Gasteiger partial charge is 0.396 e. The highest BCUT2D eigenvalue weighted by Gasteiger charge is 2.24. The van der Waals surface area contributed by atoms with Gasteiger partial charge in [0.25, 0.3) is 0 Å². The first kappa shape index (κ1) is 13.5. The van der Waals surface area contributed by atoms with Crippen molar-refractivity contribution in [1.82, 2.24) is 9.80 Å². The Bertz CT molecular complexity index is 219. The molecule has 0 aromatic heterocycles. The summed E-state index contributed by atoms with van der Waals surface area (Å²) in [5, 5.41) is 9.00. The van der Waals surface area contributed by atoms with E-state index in [1.54, 1.807) is 4.90 Å². The molecule has 0 saturated carbocycles. The van der Waals surface area contributed by atoms with Gasteiger partial charge in [-0.25, -0.2) is 0 Å².